The number of phenolic OH excluding ortho intramolecular Hbond substituents is 1. The third-order valence-corrected chi connectivity index (χ3v) is 7.74. The molecular formula is C36H39N5O3. The van der Waals surface area contributed by atoms with Gasteiger partial charge in [-0.2, -0.15) is 5.10 Å². The molecule has 0 saturated carbocycles. The third-order valence-electron chi connectivity index (χ3n) is 7.74. The molecule has 1 unspecified atom stereocenters. The number of amides is 2. The van der Waals surface area contributed by atoms with E-state index in [0.29, 0.717) is 12.8 Å². The van der Waals surface area contributed by atoms with Crippen LogP contribution in [0.1, 0.15) is 56.9 Å². The second-order valence-corrected chi connectivity index (χ2v) is 12.2. The summed E-state index contributed by atoms with van der Waals surface area (Å²) in [7, 11) is 0. The fourth-order valence-corrected chi connectivity index (χ4v) is 5.16. The van der Waals surface area contributed by atoms with Crippen LogP contribution in [0.2, 0.25) is 0 Å². The molecule has 5 aromatic rings. The van der Waals surface area contributed by atoms with Crippen LogP contribution in [0.3, 0.4) is 0 Å². The van der Waals surface area contributed by atoms with Gasteiger partial charge in [-0.15, -0.1) is 0 Å². The number of unbranched alkanes of at least 4 members (excludes halogenated alkanes) is 1. The molecule has 2 heterocycles. The fourth-order valence-electron chi connectivity index (χ4n) is 5.16. The van der Waals surface area contributed by atoms with E-state index in [2.05, 4.69) is 67.5 Å². The monoisotopic (exact) mass is 589 g/mol. The van der Waals surface area contributed by atoms with Gasteiger partial charge in [-0.05, 0) is 90.8 Å². The lowest BCUT2D eigenvalue weighted by Gasteiger charge is -2.19. The van der Waals surface area contributed by atoms with Crippen LogP contribution in [-0.2, 0) is 27.8 Å². The molecule has 5 rings (SSSR count). The summed E-state index contributed by atoms with van der Waals surface area (Å²) in [6.45, 7) is 6.59. The standard InChI is InChI=1S/C36H39N5O3/c1-36(2,3)27-13-15-28(16-14-27)41-29(23-33(40-41)26-12-19-32-25(22-26)7-6-20-38-32)8-4-5-9-34(43)39-35(44)31(37)21-24-10-17-30(42)18-11-24/h6-7,10-20,22-23,31,42H,4-5,8-9,21,37H2,1-3H3,(H,39,43,44). The van der Waals surface area contributed by atoms with E-state index in [9.17, 15) is 14.7 Å². The van der Waals surface area contributed by atoms with Gasteiger partial charge in [-0.25, -0.2) is 4.68 Å². The molecule has 3 aromatic carbocycles. The number of hydrogen-bond acceptors (Lipinski definition) is 6. The van der Waals surface area contributed by atoms with Crippen molar-refractivity contribution in [1.29, 1.82) is 0 Å². The molecule has 44 heavy (non-hydrogen) atoms. The molecule has 1 atom stereocenters. The molecule has 0 bridgehead atoms. The van der Waals surface area contributed by atoms with Crippen molar-refractivity contribution in [2.24, 2.45) is 5.73 Å². The quantitative estimate of drug-likeness (QED) is 0.171. The van der Waals surface area contributed by atoms with E-state index in [1.165, 1.54) is 5.56 Å². The largest absolute Gasteiger partial charge is 0.508 e. The van der Waals surface area contributed by atoms with E-state index in [-0.39, 0.29) is 29.9 Å². The maximum atomic E-state index is 12.5. The van der Waals surface area contributed by atoms with E-state index in [4.69, 9.17) is 10.8 Å². The summed E-state index contributed by atoms with van der Waals surface area (Å²) < 4.78 is 1.99. The summed E-state index contributed by atoms with van der Waals surface area (Å²) in [5.41, 5.74) is 13.0. The number of rotatable bonds is 10. The van der Waals surface area contributed by atoms with Crippen molar-refractivity contribution in [3.05, 3.63) is 108 Å². The minimum absolute atomic E-state index is 0.0488. The predicted octanol–water partition coefficient (Wildman–Crippen LogP) is 6.02. The highest BCUT2D eigenvalue weighted by molar-refractivity contribution is 5.97. The van der Waals surface area contributed by atoms with E-state index in [1.807, 2.05) is 28.9 Å². The average Bonchev–Trinajstić information content (AvgIpc) is 3.44. The van der Waals surface area contributed by atoms with Crippen molar-refractivity contribution in [3.8, 4) is 22.7 Å². The van der Waals surface area contributed by atoms with Gasteiger partial charge in [0.15, 0.2) is 0 Å². The van der Waals surface area contributed by atoms with Gasteiger partial charge in [0.05, 0.1) is 22.9 Å². The third kappa shape index (κ3) is 7.57. The molecule has 8 heteroatoms. The molecule has 4 N–H and O–H groups in total. The van der Waals surface area contributed by atoms with Crippen molar-refractivity contribution in [3.63, 3.8) is 0 Å². The zero-order chi connectivity index (χ0) is 31.3. The summed E-state index contributed by atoms with van der Waals surface area (Å²) in [4.78, 5) is 29.4. The highest BCUT2D eigenvalue weighted by Gasteiger charge is 2.18. The van der Waals surface area contributed by atoms with Crippen LogP contribution >= 0.6 is 0 Å². The molecule has 0 saturated heterocycles. The van der Waals surface area contributed by atoms with E-state index < -0.39 is 11.9 Å². The normalized spacial score (nSPS) is 12.3. The second kappa shape index (κ2) is 13.2. The van der Waals surface area contributed by atoms with Gasteiger partial charge in [-0.3, -0.25) is 19.9 Å². The second-order valence-electron chi connectivity index (χ2n) is 12.2. The number of nitrogens with two attached hydrogens (primary N) is 1. The SMILES string of the molecule is CC(C)(C)c1ccc(-n2nc(-c3ccc4ncccc4c3)cc2CCCCC(=O)NC(=O)C(N)Cc2ccc(O)cc2)cc1. The fraction of sp³-hybridized carbons (Fsp3) is 0.278. The van der Waals surface area contributed by atoms with Crippen molar-refractivity contribution < 1.29 is 14.7 Å². The molecule has 0 radical (unpaired) electrons. The van der Waals surface area contributed by atoms with Crippen molar-refractivity contribution in [2.45, 2.75) is 64.3 Å². The van der Waals surface area contributed by atoms with Crippen molar-refractivity contribution in [2.75, 3.05) is 0 Å². The smallest absolute Gasteiger partial charge is 0.243 e. The lowest BCUT2D eigenvalue weighted by molar-refractivity contribution is -0.131. The Kier molecular flexibility index (Phi) is 9.20. The van der Waals surface area contributed by atoms with Crippen molar-refractivity contribution in [1.82, 2.24) is 20.1 Å². The maximum absolute atomic E-state index is 12.5. The van der Waals surface area contributed by atoms with Gasteiger partial charge in [-0.1, -0.05) is 57.2 Å². The Hall–Kier alpha value is -4.82. The first-order valence-electron chi connectivity index (χ1n) is 15.0. The number of pyridine rings is 1. The first kappa shape index (κ1) is 30.6. The summed E-state index contributed by atoms with van der Waals surface area (Å²) in [6, 6.07) is 26.4. The number of aromatic hydroxyl groups is 1. The number of hydrogen-bond donors (Lipinski definition) is 3. The summed E-state index contributed by atoms with van der Waals surface area (Å²) in [5.74, 6) is -0.700. The van der Waals surface area contributed by atoms with Gasteiger partial charge in [0, 0.05) is 29.3 Å². The number of carbonyl (C=O) groups is 2. The molecular weight excluding hydrogens is 550 g/mol. The molecule has 2 aromatic heterocycles. The van der Waals surface area contributed by atoms with Crippen LogP contribution in [0.4, 0.5) is 0 Å². The Morgan fingerprint density at radius 2 is 1.70 bits per heavy atom. The Bertz CT molecular complexity index is 1750. The number of aryl methyl sites for hydroxylation is 1. The zero-order valence-corrected chi connectivity index (χ0v) is 25.5. The van der Waals surface area contributed by atoms with Gasteiger partial charge < -0.3 is 10.8 Å². The minimum atomic E-state index is -0.855. The lowest BCUT2D eigenvalue weighted by Crippen LogP contribution is -2.44. The first-order valence-corrected chi connectivity index (χ1v) is 15.0. The molecule has 2 amide bonds. The molecule has 226 valence electrons. The molecule has 0 spiro atoms. The lowest BCUT2D eigenvalue weighted by atomic mass is 9.87. The number of nitrogens with one attached hydrogen (secondary N) is 1. The number of nitrogens with zero attached hydrogens (tertiary/aromatic N) is 3. The van der Waals surface area contributed by atoms with Crippen LogP contribution in [0.15, 0.2) is 91.1 Å². The Morgan fingerprint density at radius 1 is 0.955 bits per heavy atom. The van der Waals surface area contributed by atoms with Crippen LogP contribution in [-0.4, -0.2) is 37.7 Å². The van der Waals surface area contributed by atoms with Crippen molar-refractivity contribution >= 4 is 22.7 Å². The molecule has 0 aliphatic heterocycles. The number of carbonyl (C=O) groups excluding carboxylic acids is 2. The first-order chi connectivity index (χ1) is 21.1. The molecule has 8 nitrogen and oxygen atoms in total. The zero-order valence-electron chi connectivity index (χ0n) is 25.5. The number of phenols is 1. The summed E-state index contributed by atoms with van der Waals surface area (Å²) in [6.07, 6.45) is 4.35. The average molecular weight is 590 g/mol. The predicted molar refractivity (Wildman–Crippen MR) is 173 cm³/mol. The topological polar surface area (TPSA) is 123 Å². The number of benzene rings is 3. The maximum Gasteiger partial charge on any atom is 0.243 e. The van der Waals surface area contributed by atoms with Crippen LogP contribution in [0.25, 0.3) is 27.8 Å². The molecule has 0 aliphatic carbocycles. The highest BCUT2D eigenvalue weighted by Crippen LogP contribution is 2.28. The van der Waals surface area contributed by atoms with Gasteiger partial charge in [0.2, 0.25) is 11.8 Å². The number of aromatic nitrogens is 3. The molecule has 0 fully saturated rings. The van der Waals surface area contributed by atoms with Crippen LogP contribution in [0, 0.1) is 0 Å². The van der Waals surface area contributed by atoms with E-state index in [1.54, 1.807) is 30.5 Å². The van der Waals surface area contributed by atoms with Crippen LogP contribution in [0.5, 0.6) is 5.75 Å². The Balaban J connectivity index is 1.25. The van der Waals surface area contributed by atoms with Gasteiger partial charge in [0.1, 0.15) is 5.75 Å². The van der Waals surface area contributed by atoms with Gasteiger partial charge in [0.25, 0.3) is 0 Å². The van der Waals surface area contributed by atoms with E-state index in [0.717, 1.165) is 45.5 Å². The Morgan fingerprint density at radius 3 is 2.43 bits per heavy atom. The minimum Gasteiger partial charge on any atom is -0.508 e. The highest BCUT2D eigenvalue weighted by atomic mass is 16.3. The number of fused-ring (bicyclic) bond motifs is 1. The summed E-state index contributed by atoms with van der Waals surface area (Å²) >= 11 is 0. The van der Waals surface area contributed by atoms with Gasteiger partial charge >= 0.3 is 0 Å². The summed E-state index contributed by atoms with van der Waals surface area (Å²) in [5, 5.41) is 17.9. The van der Waals surface area contributed by atoms with Crippen LogP contribution < -0.4 is 11.1 Å². The number of imide groups is 1. The van der Waals surface area contributed by atoms with E-state index >= 15 is 0 Å². The Labute approximate surface area is 257 Å². The molecule has 0 aliphatic rings.